The first-order valence-electron chi connectivity index (χ1n) is 10.1. The van der Waals surface area contributed by atoms with Gasteiger partial charge in [-0.25, -0.2) is 9.78 Å². The molecule has 0 aliphatic carbocycles. The molecule has 33 heavy (non-hydrogen) atoms. The van der Waals surface area contributed by atoms with E-state index in [9.17, 15) is 14.4 Å². The summed E-state index contributed by atoms with van der Waals surface area (Å²) in [6, 6.07) is 15.9. The molecule has 0 bridgehead atoms. The lowest BCUT2D eigenvalue weighted by molar-refractivity contribution is 0.0951. The molecule has 0 aliphatic heterocycles. The van der Waals surface area contributed by atoms with Gasteiger partial charge in [0.05, 0.1) is 24.6 Å². The maximum absolute atomic E-state index is 13.2. The number of halogens is 1. The molecule has 8 nitrogen and oxygen atoms in total. The van der Waals surface area contributed by atoms with Crippen LogP contribution in [0.4, 0.5) is 0 Å². The van der Waals surface area contributed by atoms with E-state index in [1.54, 1.807) is 37.5 Å². The fourth-order valence-corrected chi connectivity index (χ4v) is 4.18. The lowest BCUT2D eigenvalue weighted by Gasteiger charge is -2.12. The number of rotatable bonds is 6. The van der Waals surface area contributed by atoms with Gasteiger partial charge in [-0.3, -0.25) is 18.7 Å². The van der Waals surface area contributed by atoms with E-state index in [1.807, 2.05) is 24.3 Å². The number of carbonyl (C=O) groups excluding carboxylic acids is 1. The molecule has 2 heterocycles. The van der Waals surface area contributed by atoms with Crippen molar-refractivity contribution in [3.63, 3.8) is 0 Å². The number of nitrogens with one attached hydrogen (secondary N) is 1. The van der Waals surface area contributed by atoms with Gasteiger partial charge in [0.25, 0.3) is 11.5 Å². The van der Waals surface area contributed by atoms with Crippen LogP contribution in [-0.4, -0.2) is 27.1 Å². The predicted octanol–water partition coefficient (Wildman–Crippen LogP) is 2.69. The third-order valence-corrected chi connectivity index (χ3v) is 5.98. The molecule has 0 spiro atoms. The molecule has 4 rings (SSSR count). The summed E-state index contributed by atoms with van der Waals surface area (Å²) >= 11 is 2.19. The van der Waals surface area contributed by atoms with E-state index in [1.165, 1.54) is 22.3 Å². The van der Waals surface area contributed by atoms with Crippen molar-refractivity contribution in [2.75, 3.05) is 7.11 Å². The number of benzene rings is 2. The van der Waals surface area contributed by atoms with Crippen LogP contribution in [0.1, 0.15) is 21.5 Å². The van der Waals surface area contributed by atoms with Crippen LogP contribution in [0.3, 0.4) is 0 Å². The minimum absolute atomic E-state index is 0.151. The normalized spacial score (nSPS) is 10.9. The van der Waals surface area contributed by atoms with Crippen LogP contribution in [0.5, 0.6) is 5.88 Å². The summed E-state index contributed by atoms with van der Waals surface area (Å²) < 4.78 is 8.73. The molecular weight excluding hydrogens is 535 g/mol. The van der Waals surface area contributed by atoms with Gasteiger partial charge in [-0.05, 0) is 70.1 Å². The number of nitrogens with zero attached hydrogens (tertiary/aromatic N) is 3. The summed E-state index contributed by atoms with van der Waals surface area (Å²) in [5.74, 6) is 0.132. The molecular formula is C24H21IN4O4. The Labute approximate surface area is 203 Å². The van der Waals surface area contributed by atoms with E-state index in [0.717, 1.165) is 14.7 Å². The Bertz CT molecular complexity index is 1480. The molecule has 0 aliphatic rings. The Morgan fingerprint density at radius 1 is 1.09 bits per heavy atom. The Morgan fingerprint density at radius 3 is 2.67 bits per heavy atom. The van der Waals surface area contributed by atoms with E-state index in [-0.39, 0.29) is 19.0 Å². The number of aryl methyl sites for hydroxylation is 1. The minimum atomic E-state index is -0.430. The SMILES string of the molecule is COc1cc(CNC(=O)c2ccc3c(c2)c(=O)n(Cc2cccc(I)c2)c(=O)n3C)ccn1. The van der Waals surface area contributed by atoms with Gasteiger partial charge in [0.1, 0.15) is 0 Å². The van der Waals surface area contributed by atoms with E-state index in [2.05, 4.69) is 32.9 Å². The number of fused-ring (bicyclic) bond motifs is 1. The first-order valence-corrected chi connectivity index (χ1v) is 11.2. The molecule has 0 radical (unpaired) electrons. The highest BCUT2D eigenvalue weighted by molar-refractivity contribution is 14.1. The molecule has 2 aromatic heterocycles. The van der Waals surface area contributed by atoms with Gasteiger partial charge >= 0.3 is 5.69 Å². The van der Waals surface area contributed by atoms with E-state index < -0.39 is 11.2 Å². The van der Waals surface area contributed by atoms with E-state index >= 15 is 0 Å². The molecule has 1 amide bonds. The van der Waals surface area contributed by atoms with Crippen molar-refractivity contribution in [1.82, 2.24) is 19.4 Å². The summed E-state index contributed by atoms with van der Waals surface area (Å²) in [6.45, 7) is 0.429. The Hall–Kier alpha value is -3.47. The van der Waals surface area contributed by atoms with Crippen LogP contribution < -0.4 is 21.3 Å². The van der Waals surface area contributed by atoms with Crippen molar-refractivity contribution in [1.29, 1.82) is 0 Å². The highest BCUT2D eigenvalue weighted by Crippen LogP contribution is 2.13. The molecule has 168 valence electrons. The second-order valence-electron chi connectivity index (χ2n) is 7.48. The van der Waals surface area contributed by atoms with E-state index in [4.69, 9.17) is 4.74 Å². The van der Waals surface area contributed by atoms with E-state index in [0.29, 0.717) is 22.3 Å². The minimum Gasteiger partial charge on any atom is -0.481 e. The average molecular weight is 556 g/mol. The quantitative estimate of drug-likeness (QED) is 0.369. The molecule has 0 saturated heterocycles. The van der Waals surface area contributed by atoms with Crippen molar-refractivity contribution in [2.24, 2.45) is 7.05 Å². The highest BCUT2D eigenvalue weighted by atomic mass is 127. The summed E-state index contributed by atoms with van der Waals surface area (Å²) in [5, 5.41) is 3.14. The molecule has 9 heteroatoms. The van der Waals surface area contributed by atoms with Gasteiger partial charge in [-0.2, -0.15) is 0 Å². The van der Waals surface area contributed by atoms with Gasteiger partial charge in [0.15, 0.2) is 0 Å². The number of methoxy groups -OCH3 is 1. The standard InChI is InChI=1S/C24H21IN4O4/c1-28-20-7-6-17(22(30)27-13-15-8-9-26-21(11-15)33-2)12-19(20)23(31)29(24(28)32)14-16-4-3-5-18(25)10-16/h3-12H,13-14H2,1-2H3,(H,27,30). The predicted molar refractivity (Wildman–Crippen MR) is 134 cm³/mol. The van der Waals surface area contributed by atoms with Gasteiger partial charge in [0.2, 0.25) is 5.88 Å². The first-order chi connectivity index (χ1) is 15.9. The topological polar surface area (TPSA) is 95.2 Å². The zero-order valence-electron chi connectivity index (χ0n) is 18.0. The second-order valence-corrected chi connectivity index (χ2v) is 8.73. The number of carbonyl (C=O) groups is 1. The molecule has 1 N–H and O–H groups in total. The number of pyridine rings is 1. The highest BCUT2D eigenvalue weighted by Gasteiger charge is 2.14. The maximum Gasteiger partial charge on any atom is 0.331 e. The maximum atomic E-state index is 13.2. The summed E-state index contributed by atoms with van der Waals surface area (Å²) in [5.41, 5.74) is 1.65. The first kappa shape index (κ1) is 22.7. The number of hydrogen-bond acceptors (Lipinski definition) is 5. The smallest absolute Gasteiger partial charge is 0.331 e. The van der Waals surface area contributed by atoms with Crippen molar-refractivity contribution in [3.8, 4) is 5.88 Å². The Balaban J connectivity index is 1.66. The number of ether oxygens (including phenoxy) is 1. The average Bonchev–Trinajstić information content (AvgIpc) is 2.83. The fourth-order valence-electron chi connectivity index (χ4n) is 3.57. The monoisotopic (exact) mass is 556 g/mol. The fraction of sp³-hybridized carbons (Fsp3) is 0.167. The third kappa shape index (κ3) is 4.82. The number of aromatic nitrogens is 3. The number of amides is 1. The van der Waals surface area contributed by atoms with Crippen molar-refractivity contribution >= 4 is 39.4 Å². The van der Waals surface area contributed by atoms with Crippen LogP contribution >= 0.6 is 22.6 Å². The van der Waals surface area contributed by atoms with Gasteiger partial charge in [-0.15, -0.1) is 0 Å². The zero-order valence-corrected chi connectivity index (χ0v) is 20.2. The molecule has 0 unspecified atom stereocenters. The lowest BCUT2D eigenvalue weighted by Crippen LogP contribution is -2.39. The molecule has 0 fully saturated rings. The largest absolute Gasteiger partial charge is 0.481 e. The summed E-state index contributed by atoms with van der Waals surface area (Å²) in [4.78, 5) is 42.9. The third-order valence-electron chi connectivity index (χ3n) is 5.30. The van der Waals surface area contributed by atoms with Crippen LogP contribution in [-0.2, 0) is 20.1 Å². The van der Waals surface area contributed by atoms with Crippen LogP contribution in [0.15, 0.2) is 70.4 Å². The molecule has 4 aromatic rings. The van der Waals surface area contributed by atoms with Gasteiger partial charge in [-0.1, -0.05) is 12.1 Å². The summed E-state index contributed by atoms with van der Waals surface area (Å²) in [6.07, 6.45) is 1.60. The van der Waals surface area contributed by atoms with Crippen LogP contribution in [0.2, 0.25) is 0 Å². The van der Waals surface area contributed by atoms with Gasteiger partial charge in [0, 0.05) is 35.0 Å². The van der Waals surface area contributed by atoms with Crippen molar-refractivity contribution in [2.45, 2.75) is 13.1 Å². The second kappa shape index (κ2) is 9.57. The molecule has 0 saturated carbocycles. The van der Waals surface area contributed by atoms with Crippen molar-refractivity contribution in [3.05, 3.63) is 102 Å². The van der Waals surface area contributed by atoms with Crippen LogP contribution in [0.25, 0.3) is 10.9 Å². The Kier molecular flexibility index (Phi) is 6.59. The van der Waals surface area contributed by atoms with Crippen LogP contribution in [0, 0.1) is 3.57 Å². The van der Waals surface area contributed by atoms with Gasteiger partial charge < -0.3 is 10.1 Å². The summed E-state index contributed by atoms with van der Waals surface area (Å²) in [7, 11) is 3.14. The molecule has 0 atom stereocenters. The Morgan fingerprint density at radius 2 is 1.91 bits per heavy atom. The lowest BCUT2D eigenvalue weighted by atomic mass is 10.1. The van der Waals surface area contributed by atoms with Crippen molar-refractivity contribution < 1.29 is 9.53 Å². The molecule has 2 aromatic carbocycles. The number of hydrogen-bond donors (Lipinski definition) is 1. The zero-order chi connectivity index (χ0) is 23.5.